The van der Waals surface area contributed by atoms with Gasteiger partial charge in [-0.15, -0.1) is 24.0 Å². The molecule has 2 aliphatic heterocycles. The van der Waals surface area contributed by atoms with Gasteiger partial charge in [0.15, 0.2) is 5.96 Å². The average molecular weight is 555 g/mol. The Hall–Kier alpha value is -1.32. The first-order valence-electron chi connectivity index (χ1n) is 12.1. The minimum Gasteiger partial charge on any atom is -0.376 e. The molecule has 6 nitrogen and oxygen atoms in total. The van der Waals surface area contributed by atoms with Crippen molar-refractivity contribution in [1.29, 1.82) is 0 Å². The summed E-state index contributed by atoms with van der Waals surface area (Å²) in [6, 6.07) is 6.59. The topological polar surface area (TPSA) is 61.9 Å². The Morgan fingerprint density at radius 1 is 1.22 bits per heavy atom. The molecule has 0 saturated carbocycles. The first kappa shape index (κ1) is 25.3. The summed E-state index contributed by atoms with van der Waals surface area (Å²) in [5.41, 5.74) is 4.01. The lowest BCUT2D eigenvalue weighted by Crippen LogP contribution is -2.47. The van der Waals surface area contributed by atoms with Gasteiger partial charge in [0.2, 0.25) is 0 Å². The van der Waals surface area contributed by atoms with Crippen molar-refractivity contribution in [3.8, 4) is 0 Å². The number of aryl methyl sites for hydroxylation is 1. The monoisotopic (exact) mass is 554 g/mol. The van der Waals surface area contributed by atoms with E-state index in [2.05, 4.69) is 53.4 Å². The minimum atomic E-state index is 0. The second-order valence-electron chi connectivity index (χ2n) is 8.65. The molecule has 1 atom stereocenters. The first-order valence-corrected chi connectivity index (χ1v) is 12.1. The summed E-state index contributed by atoms with van der Waals surface area (Å²) in [6.07, 6.45) is 9.25. The number of ether oxygens (including phenoxy) is 2. The number of piperidine rings is 1. The van der Waals surface area contributed by atoms with E-state index >= 15 is 0 Å². The highest BCUT2D eigenvalue weighted by atomic mass is 127. The second-order valence-corrected chi connectivity index (χ2v) is 8.65. The van der Waals surface area contributed by atoms with Gasteiger partial charge in [0.1, 0.15) is 0 Å². The summed E-state index contributed by atoms with van der Waals surface area (Å²) >= 11 is 0. The SMILES string of the molecule is CCNC(=NCCc1c[nH]c2c(CC)cccc12)N1CCC(OCC2CCCO2)CC1.I. The minimum absolute atomic E-state index is 0. The normalized spacial score (nSPS) is 20.0. The number of guanidine groups is 1. The molecule has 178 valence electrons. The Bertz CT molecular complexity index is 855. The van der Waals surface area contributed by atoms with Gasteiger partial charge in [0, 0.05) is 49.9 Å². The largest absolute Gasteiger partial charge is 0.376 e. The van der Waals surface area contributed by atoms with Crippen LogP contribution in [0.25, 0.3) is 10.9 Å². The molecule has 2 N–H and O–H groups in total. The van der Waals surface area contributed by atoms with E-state index < -0.39 is 0 Å². The molecule has 2 saturated heterocycles. The maximum atomic E-state index is 6.13. The van der Waals surface area contributed by atoms with Gasteiger partial charge >= 0.3 is 0 Å². The molecule has 0 spiro atoms. The molecule has 2 fully saturated rings. The molecule has 3 heterocycles. The van der Waals surface area contributed by atoms with E-state index in [1.165, 1.54) is 28.5 Å². The van der Waals surface area contributed by atoms with Gasteiger partial charge < -0.3 is 24.7 Å². The van der Waals surface area contributed by atoms with Crippen LogP contribution in [0.2, 0.25) is 0 Å². The fourth-order valence-corrected chi connectivity index (χ4v) is 4.74. The molecule has 0 amide bonds. The van der Waals surface area contributed by atoms with Crippen LogP contribution in [0, 0.1) is 0 Å². The third kappa shape index (κ3) is 6.38. The van der Waals surface area contributed by atoms with Crippen molar-refractivity contribution < 1.29 is 9.47 Å². The van der Waals surface area contributed by atoms with E-state index in [4.69, 9.17) is 14.5 Å². The maximum Gasteiger partial charge on any atom is 0.193 e. The maximum absolute atomic E-state index is 6.13. The molecule has 1 aromatic heterocycles. The van der Waals surface area contributed by atoms with Crippen LogP contribution in [0.5, 0.6) is 0 Å². The fourth-order valence-electron chi connectivity index (χ4n) is 4.74. The number of rotatable bonds is 8. The van der Waals surface area contributed by atoms with E-state index in [1.54, 1.807) is 0 Å². The first-order chi connectivity index (χ1) is 15.3. The lowest BCUT2D eigenvalue weighted by molar-refractivity contribution is -0.0367. The smallest absolute Gasteiger partial charge is 0.193 e. The number of nitrogens with one attached hydrogen (secondary N) is 2. The zero-order valence-electron chi connectivity index (χ0n) is 19.6. The van der Waals surface area contributed by atoms with Crippen molar-refractivity contribution in [2.75, 3.05) is 39.4 Å². The predicted octanol–water partition coefficient (Wildman–Crippen LogP) is 4.52. The molecule has 2 aromatic rings. The number of nitrogens with zero attached hydrogens (tertiary/aromatic N) is 2. The number of benzene rings is 1. The van der Waals surface area contributed by atoms with Crippen molar-refractivity contribution in [3.05, 3.63) is 35.5 Å². The molecule has 1 aromatic carbocycles. The number of fused-ring (bicyclic) bond motifs is 1. The van der Waals surface area contributed by atoms with Crippen LogP contribution in [0.15, 0.2) is 29.4 Å². The van der Waals surface area contributed by atoms with Gasteiger partial charge in [-0.05, 0) is 56.6 Å². The Labute approximate surface area is 209 Å². The van der Waals surface area contributed by atoms with Crippen molar-refractivity contribution in [2.24, 2.45) is 4.99 Å². The number of H-pyrrole nitrogens is 1. The Morgan fingerprint density at radius 2 is 2.06 bits per heavy atom. The van der Waals surface area contributed by atoms with Gasteiger partial charge in [0.25, 0.3) is 0 Å². The molecular formula is C25H39IN4O2. The van der Waals surface area contributed by atoms with Gasteiger partial charge in [-0.2, -0.15) is 0 Å². The standard InChI is InChI=1S/C25H38N4O2.HI/c1-3-19-7-5-9-23-20(17-28-24(19)23)10-13-27-25(26-4-2)29-14-11-21(12-15-29)31-18-22-8-6-16-30-22;/h5,7,9,17,21-22,28H,3-4,6,8,10-16,18H2,1-2H3,(H,26,27);1H. The van der Waals surface area contributed by atoms with E-state index in [-0.39, 0.29) is 24.0 Å². The molecule has 0 radical (unpaired) electrons. The summed E-state index contributed by atoms with van der Waals surface area (Å²) in [6.45, 7) is 9.67. The van der Waals surface area contributed by atoms with E-state index in [9.17, 15) is 0 Å². The molecule has 7 heteroatoms. The molecule has 2 aliphatic rings. The number of hydrogen-bond acceptors (Lipinski definition) is 3. The summed E-state index contributed by atoms with van der Waals surface area (Å²) in [7, 11) is 0. The number of aromatic amines is 1. The number of aliphatic imine (C=N–C) groups is 1. The molecule has 4 rings (SSSR count). The van der Waals surface area contributed by atoms with E-state index in [0.29, 0.717) is 12.2 Å². The van der Waals surface area contributed by atoms with Crippen LogP contribution in [0.4, 0.5) is 0 Å². The molecule has 32 heavy (non-hydrogen) atoms. The van der Waals surface area contributed by atoms with Crippen molar-refractivity contribution in [3.63, 3.8) is 0 Å². The van der Waals surface area contributed by atoms with Crippen molar-refractivity contribution in [1.82, 2.24) is 15.2 Å². The van der Waals surface area contributed by atoms with Crippen LogP contribution in [-0.2, 0) is 22.3 Å². The molecule has 1 unspecified atom stereocenters. The number of para-hydroxylation sites is 1. The van der Waals surface area contributed by atoms with E-state index in [1.807, 2.05) is 0 Å². The predicted molar refractivity (Wildman–Crippen MR) is 142 cm³/mol. The quantitative estimate of drug-likeness (QED) is 0.286. The zero-order chi connectivity index (χ0) is 21.5. The summed E-state index contributed by atoms with van der Waals surface area (Å²) in [5.74, 6) is 1.04. The zero-order valence-corrected chi connectivity index (χ0v) is 21.9. The summed E-state index contributed by atoms with van der Waals surface area (Å²) < 4.78 is 11.8. The van der Waals surface area contributed by atoms with Crippen LogP contribution in [-0.4, -0.2) is 67.4 Å². The third-order valence-corrected chi connectivity index (χ3v) is 6.53. The summed E-state index contributed by atoms with van der Waals surface area (Å²) in [4.78, 5) is 10.8. The van der Waals surface area contributed by atoms with E-state index in [0.717, 1.165) is 77.5 Å². The van der Waals surface area contributed by atoms with Gasteiger partial charge in [-0.3, -0.25) is 4.99 Å². The Morgan fingerprint density at radius 3 is 2.78 bits per heavy atom. The lowest BCUT2D eigenvalue weighted by atomic mass is 10.1. The van der Waals surface area contributed by atoms with Crippen molar-refractivity contribution >= 4 is 40.8 Å². The lowest BCUT2D eigenvalue weighted by Gasteiger charge is -2.34. The highest BCUT2D eigenvalue weighted by Gasteiger charge is 2.24. The molecule has 0 bridgehead atoms. The molecule has 0 aliphatic carbocycles. The number of aromatic nitrogens is 1. The second kappa shape index (κ2) is 12.8. The third-order valence-electron chi connectivity index (χ3n) is 6.53. The van der Waals surface area contributed by atoms with Crippen LogP contribution in [0.1, 0.15) is 50.7 Å². The highest BCUT2D eigenvalue weighted by molar-refractivity contribution is 14.0. The summed E-state index contributed by atoms with van der Waals surface area (Å²) in [5, 5.41) is 4.82. The van der Waals surface area contributed by atoms with Crippen molar-refractivity contribution in [2.45, 2.75) is 64.6 Å². The fraction of sp³-hybridized carbons (Fsp3) is 0.640. The van der Waals surface area contributed by atoms with Gasteiger partial charge in [0.05, 0.1) is 18.8 Å². The van der Waals surface area contributed by atoms with Gasteiger partial charge in [-0.1, -0.05) is 25.1 Å². The number of likely N-dealkylation sites (tertiary alicyclic amines) is 1. The molecular weight excluding hydrogens is 515 g/mol. The number of halogens is 1. The van der Waals surface area contributed by atoms with Crippen LogP contribution >= 0.6 is 24.0 Å². The number of hydrogen-bond donors (Lipinski definition) is 2. The van der Waals surface area contributed by atoms with Crippen LogP contribution in [0.3, 0.4) is 0 Å². The highest BCUT2D eigenvalue weighted by Crippen LogP contribution is 2.23. The van der Waals surface area contributed by atoms with Crippen LogP contribution < -0.4 is 5.32 Å². The van der Waals surface area contributed by atoms with Gasteiger partial charge in [-0.25, -0.2) is 0 Å². The Balaban J connectivity index is 0.00000289. The Kier molecular flexibility index (Phi) is 10.1. The average Bonchev–Trinajstić information content (AvgIpc) is 3.47.